The van der Waals surface area contributed by atoms with Crippen molar-refractivity contribution in [3.8, 4) is 0 Å². The van der Waals surface area contributed by atoms with Crippen LogP contribution in [0.2, 0.25) is 0 Å². The second-order valence-electron chi connectivity index (χ2n) is 6.38. The number of fused-ring (bicyclic) bond motifs is 1. The van der Waals surface area contributed by atoms with Crippen LogP contribution in [0.5, 0.6) is 0 Å². The van der Waals surface area contributed by atoms with Crippen molar-refractivity contribution in [3.63, 3.8) is 0 Å². The predicted molar refractivity (Wildman–Crippen MR) is 87.7 cm³/mol. The molecule has 2 aliphatic rings. The number of aryl methyl sites for hydroxylation is 1. The van der Waals surface area contributed by atoms with Crippen molar-refractivity contribution in [2.24, 2.45) is 11.8 Å². The fourth-order valence-electron chi connectivity index (χ4n) is 3.52. The molecule has 5 nitrogen and oxygen atoms in total. The summed E-state index contributed by atoms with van der Waals surface area (Å²) in [6, 6.07) is 2.02. The van der Waals surface area contributed by atoms with Crippen LogP contribution in [-0.4, -0.2) is 29.2 Å². The molecular formula is C17H22N2O3S. The molecule has 1 aliphatic carbocycles. The standard InChI is InChI=1S/C17H22N2O3S/c1-11-7-9-23-14(11)10-18-15(20)6-8-19-16(21)12-4-2-3-5-13(12)17(19)22/h7,9,12-13H,2-6,8,10H2,1H3,(H,18,20). The maximum absolute atomic E-state index is 12.3. The maximum atomic E-state index is 12.3. The van der Waals surface area contributed by atoms with Crippen molar-refractivity contribution >= 4 is 29.1 Å². The lowest BCUT2D eigenvalue weighted by Crippen LogP contribution is -2.35. The maximum Gasteiger partial charge on any atom is 0.233 e. The minimum Gasteiger partial charge on any atom is -0.351 e. The first kappa shape index (κ1) is 16.2. The number of amides is 3. The van der Waals surface area contributed by atoms with E-state index in [1.807, 2.05) is 18.4 Å². The van der Waals surface area contributed by atoms with E-state index in [-0.39, 0.29) is 42.5 Å². The summed E-state index contributed by atoms with van der Waals surface area (Å²) >= 11 is 1.62. The average Bonchev–Trinajstić information content (AvgIpc) is 3.07. The van der Waals surface area contributed by atoms with E-state index in [0.29, 0.717) is 6.54 Å². The number of rotatable bonds is 5. The van der Waals surface area contributed by atoms with Gasteiger partial charge in [-0.2, -0.15) is 0 Å². The number of hydrogen-bond donors (Lipinski definition) is 1. The van der Waals surface area contributed by atoms with Crippen LogP contribution in [0, 0.1) is 18.8 Å². The van der Waals surface area contributed by atoms with Crippen LogP contribution < -0.4 is 5.32 Å². The second-order valence-corrected chi connectivity index (χ2v) is 7.38. The van der Waals surface area contributed by atoms with Crippen molar-refractivity contribution in [2.75, 3.05) is 6.54 Å². The average molecular weight is 334 g/mol. The largest absolute Gasteiger partial charge is 0.351 e. The Bertz CT molecular complexity index is 601. The van der Waals surface area contributed by atoms with Gasteiger partial charge in [0.1, 0.15) is 0 Å². The Balaban J connectivity index is 1.50. The van der Waals surface area contributed by atoms with Gasteiger partial charge in [-0.3, -0.25) is 19.3 Å². The first-order chi connectivity index (χ1) is 11.1. The summed E-state index contributed by atoms with van der Waals surface area (Å²) in [5.74, 6) is -0.516. The number of carbonyl (C=O) groups is 3. The summed E-state index contributed by atoms with van der Waals surface area (Å²) < 4.78 is 0. The Morgan fingerprint density at radius 3 is 2.48 bits per heavy atom. The highest BCUT2D eigenvalue weighted by molar-refractivity contribution is 7.10. The lowest BCUT2D eigenvalue weighted by molar-refractivity contribution is -0.140. The van der Waals surface area contributed by atoms with Crippen molar-refractivity contribution in [2.45, 2.75) is 45.6 Å². The molecule has 124 valence electrons. The molecule has 3 amide bonds. The molecule has 0 aromatic carbocycles. The summed E-state index contributed by atoms with van der Waals surface area (Å²) in [4.78, 5) is 39.1. The number of thiophene rings is 1. The summed E-state index contributed by atoms with van der Waals surface area (Å²) in [7, 11) is 0. The van der Waals surface area contributed by atoms with Gasteiger partial charge in [0.2, 0.25) is 17.7 Å². The molecule has 2 atom stereocenters. The van der Waals surface area contributed by atoms with Crippen LogP contribution in [0.25, 0.3) is 0 Å². The zero-order valence-electron chi connectivity index (χ0n) is 13.3. The normalized spacial score (nSPS) is 24.0. The zero-order valence-corrected chi connectivity index (χ0v) is 14.2. The van der Waals surface area contributed by atoms with Crippen molar-refractivity contribution in [3.05, 3.63) is 21.9 Å². The Hall–Kier alpha value is -1.69. The highest BCUT2D eigenvalue weighted by atomic mass is 32.1. The molecule has 0 spiro atoms. The van der Waals surface area contributed by atoms with Crippen molar-refractivity contribution < 1.29 is 14.4 Å². The van der Waals surface area contributed by atoms with Gasteiger partial charge in [0.25, 0.3) is 0 Å². The van der Waals surface area contributed by atoms with Gasteiger partial charge in [0.15, 0.2) is 0 Å². The summed E-state index contributed by atoms with van der Waals surface area (Å²) in [6.45, 7) is 2.73. The van der Waals surface area contributed by atoms with Gasteiger partial charge in [-0.25, -0.2) is 0 Å². The van der Waals surface area contributed by atoms with Crippen LogP contribution >= 0.6 is 11.3 Å². The molecule has 1 aromatic rings. The zero-order chi connectivity index (χ0) is 16.4. The Morgan fingerprint density at radius 2 is 1.91 bits per heavy atom. The molecule has 2 unspecified atom stereocenters. The van der Waals surface area contributed by atoms with Crippen LogP contribution in [-0.2, 0) is 20.9 Å². The Labute approximate surface area is 140 Å². The smallest absolute Gasteiger partial charge is 0.233 e. The predicted octanol–water partition coefficient (Wildman–Crippen LogP) is 2.24. The molecular weight excluding hydrogens is 312 g/mol. The van der Waals surface area contributed by atoms with Gasteiger partial charge >= 0.3 is 0 Å². The highest BCUT2D eigenvalue weighted by Crippen LogP contribution is 2.37. The molecule has 1 N–H and O–H groups in total. The van der Waals surface area contributed by atoms with Crippen LogP contribution in [0.1, 0.15) is 42.5 Å². The SMILES string of the molecule is Cc1ccsc1CNC(=O)CCN1C(=O)C2CCCCC2C1=O. The van der Waals surface area contributed by atoms with Gasteiger partial charge in [-0.15, -0.1) is 11.3 Å². The van der Waals surface area contributed by atoms with Gasteiger partial charge < -0.3 is 5.32 Å². The van der Waals surface area contributed by atoms with Gasteiger partial charge in [-0.1, -0.05) is 12.8 Å². The van der Waals surface area contributed by atoms with Gasteiger partial charge in [0, 0.05) is 17.8 Å². The summed E-state index contributed by atoms with van der Waals surface area (Å²) in [6.07, 6.45) is 3.86. The number of carbonyl (C=O) groups excluding carboxylic acids is 3. The van der Waals surface area contributed by atoms with E-state index in [1.165, 1.54) is 10.5 Å². The first-order valence-electron chi connectivity index (χ1n) is 8.23. The minimum atomic E-state index is -0.131. The number of hydrogen-bond acceptors (Lipinski definition) is 4. The summed E-state index contributed by atoms with van der Waals surface area (Å²) in [5, 5.41) is 4.86. The van der Waals surface area contributed by atoms with E-state index in [4.69, 9.17) is 0 Å². The molecule has 23 heavy (non-hydrogen) atoms. The van der Waals surface area contributed by atoms with Gasteiger partial charge in [0.05, 0.1) is 18.4 Å². The third-order valence-electron chi connectivity index (χ3n) is 4.91. The molecule has 3 rings (SSSR count). The van der Waals surface area contributed by atoms with E-state index < -0.39 is 0 Å². The number of imide groups is 1. The van der Waals surface area contributed by atoms with E-state index in [0.717, 1.165) is 30.6 Å². The van der Waals surface area contributed by atoms with Crippen LogP contribution in [0.3, 0.4) is 0 Å². The third-order valence-corrected chi connectivity index (χ3v) is 5.93. The van der Waals surface area contributed by atoms with E-state index in [2.05, 4.69) is 5.32 Å². The monoisotopic (exact) mass is 334 g/mol. The number of nitrogens with one attached hydrogen (secondary N) is 1. The molecule has 2 heterocycles. The molecule has 0 radical (unpaired) electrons. The van der Waals surface area contributed by atoms with Crippen LogP contribution in [0.15, 0.2) is 11.4 Å². The number of likely N-dealkylation sites (tertiary alicyclic amines) is 1. The first-order valence-corrected chi connectivity index (χ1v) is 9.11. The molecule has 1 saturated heterocycles. The topological polar surface area (TPSA) is 66.5 Å². The fourth-order valence-corrected chi connectivity index (χ4v) is 4.36. The van der Waals surface area contributed by atoms with E-state index in [9.17, 15) is 14.4 Å². The van der Waals surface area contributed by atoms with Crippen molar-refractivity contribution in [1.82, 2.24) is 10.2 Å². The molecule has 1 aliphatic heterocycles. The summed E-state index contributed by atoms with van der Waals surface area (Å²) in [5.41, 5.74) is 1.17. The third kappa shape index (κ3) is 3.32. The molecule has 1 saturated carbocycles. The molecule has 0 bridgehead atoms. The number of nitrogens with zero attached hydrogens (tertiary/aromatic N) is 1. The molecule has 2 fully saturated rings. The van der Waals surface area contributed by atoms with Crippen molar-refractivity contribution in [1.29, 1.82) is 0 Å². The fraction of sp³-hybridized carbons (Fsp3) is 0.588. The lowest BCUT2D eigenvalue weighted by Gasteiger charge is -2.19. The van der Waals surface area contributed by atoms with E-state index >= 15 is 0 Å². The Kier molecular flexibility index (Phi) is 4.80. The quantitative estimate of drug-likeness (QED) is 0.840. The molecule has 1 aromatic heterocycles. The van der Waals surface area contributed by atoms with Crippen LogP contribution in [0.4, 0.5) is 0 Å². The minimum absolute atomic E-state index is 0.0680. The van der Waals surface area contributed by atoms with E-state index in [1.54, 1.807) is 11.3 Å². The van der Waals surface area contributed by atoms with Gasteiger partial charge in [-0.05, 0) is 36.8 Å². The lowest BCUT2D eigenvalue weighted by atomic mass is 9.81. The second kappa shape index (κ2) is 6.83. The molecule has 6 heteroatoms. The highest BCUT2D eigenvalue weighted by Gasteiger charge is 2.47. The Morgan fingerprint density at radius 1 is 1.26 bits per heavy atom.